The van der Waals surface area contributed by atoms with Crippen LogP contribution in [0, 0.1) is 5.92 Å². The molecule has 3 aromatic carbocycles. The van der Waals surface area contributed by atoms with Gasteiger partial charge in [-0.2, -0.15) is 4.31 Å². The second kappa shape index (κ2) is 9.18. The minimum Gasteiger partial charge on any atom is -0.497 e. The molecule has 32 heavy (non-hydrogen) atoms. The van der Waals surface area contributed by atoms with Crippen molar-refractivity contribution in [1.29, 1.82) is 0 Å². The Balaban J connectivity index is 1.52. The van der Waals surface area contributed by atoms with Crippen molar-refractivity contribution >= 4 is 32.4 Å². The summed E-state index contributed by atoms with van der Waals surface area (Å²) in [5.74, 6) is 0.701. The maximum absolute atomic E-state index is 13.1. The van der Waals surface area contributed by atoms with E-state index in [1.165, 1.54) is 23.5 Å². The van der Waals surface area contributed by atoms with Gasteiger partial charge in [0.15, 0.2) is 0 Å². The van der Waals surface area contributed by atoms with Gasteiger partial charge < -0.3 is 14.8 Å². The van der Waals surface area contributed by atoms with E-state index in [9.17, 15) is 13.2 Å². The van der Waals surface area contributed by atoms with Crippen molar-refractivity contribution in [2.45, 2.75) is 17.7 Å². The lowest BCUT2D eigenvalue weighted by molar-refractivity contribution is -0.120. The van der Waals surface area contributed by atoms with Crippen LogP contribution in [0.4, 0.5) is 5.69 Å². The van der Waals surface area contributed by atoms with Gasteiger partial charge in [0.2, 0.25) is 15.9 Å². The van der Waals surface area contributed by atoms with Gasteiger partial charge in [0.1, 0.15) is 11.5 Å². The molecule has 8 heteroatoms. The molecule has 168 valence electrons. The minimum atomic E-state index is -3.69. The van der Waals surface area contributed by atoms with E-state index in [0.29, 0.717) is 30.8 Å². The number of nitrogens with one attached hydrogen (secondary N) is 1. The molecule has 1 N–H and O–H groups in total. The molecular weight excluding hydrogens is 428 g/mol. The van der Waals surface area contributed by atoms with E-state index in [0.717, 1.165) is 16.5 Å². The predicted molar refractivity (Wildman–Crippen MR) is 124 cm³/mol. The quantitative estimate of drug-likeness (QED) is 0.611. The number of sulfonamides is 1. The zero-order valence-corrected chi connectivity index (χ0v) is 18.9. The molecule has 1 atom stereocenters. The highest BCUT2D eigenvalue weighted by atomic mass is 32.2. The number of ether oxygens (including phenoxy) is 2. The molecule has 1 heterocycles. The number of nitrogens with zero attached hydrogens (tertiary/aromatic N) is 1. The molecule has 0 bridgehead atoms. The number of amides is 1. The summed E-state index contributed by atoms with van der Waals surface area (Å²) in [5, 5.41) is 4.78. The molecule has 1 aliphatic heterocycles. The number of rotatable bonds is 6. The zero-order valence-electron chi connectivity index (χ0n) is 18.1. The molecule has 1 aliphatic rings. The molecule has 0 aliphatic carbocycles. The Bertz CT molecular complexity index is 1220. The fourth-order valence-corrected chi connectivity index (χ4v) is 5.59. The van der Waals surface area contributed by atoms with Gasteiger partial charge in [-0.1, -0.05) is 24.3 Å². The maximum Gasteiger partial charge on any atom is 0.243 e. The van der Waals surface area contributed by atoms with Gasteiger partial charge in [-0.15, -0.1) is 0 Å². The first-order chi connectivity index (χ1) is 15.4. The second-order valence-electron chi connectivity index (χ2n) is 7.73. The van der Waals surface area contributed by atoms with E-state index in [-0.39, 0.29) is 17.3 Å². The number of methoxy groups -OCH3 is 2. The first-order valence-corrected chi connectivity index (χ1v) is 11.9. The molecule has 4 rings (SSSR count). The number of hydrogen-bond acceptors (Lipinski definition) is 5. The third-order valence-corrected chi connectivity index (χ3v) is 7.69. The summed E-state index contributed by atoms with van der Waals surface area (Å²) in [4.78, 5) is 13.3. The van der Waals surface area contributed by atoms with E-state index in [4.69, 9.17) is 9.47 Å². The summed E-state index contributed by atoms with van der Waals surface area (Å²) in [5.41, 5.74) is 0.682. The van der Waals surface area contributed by atoms with E-state index >= 15 is 0 Å². The Morgan fingerprint density at radius 1 is 0.969 bits per heavy atom. The molecule has 1 unspecified atom stereocenters. The van der Waals surface area contributed by atoms with Crippen molar-refractivity contribution in [2.75, 3.05) is 32.6 Å². The van der Waals surface area contributed by atoms with E-state index in [2.05, 4.69) is 5.32 Å². The minimum absolute atomic E-state index is 0.147. The number of anilines is 1. The van der Waals surface area contributed by atoms with Crippen molar-refractivity contribution in [2.24, 2.45) is 5.92 Å². The predicted octanol–water partition coefficient (Wildman–Crippen LogP) is 3.90. The Morgan fingerprint density at radius 3 is 2.38 bits per heavy atom. The lowest BCUT2D eigenvalue weighted by Crippen LogP contribution is -2.43. The van der Waals surface area contributed by atoms with Crippen LogP contribution < -0.4 is 14.8 Å². The highest BCUT2D eigenvalue weighted by molar-refractivity contribution is 7.89. The lowest BCUT2D eigenvalue weighted by atomic mass is 9.98. The molecule has 1 saturated heterocycles. The Morgan fingerprint density at radius 2 is 1.69 bits per heavy atom. The molecule has 0 radical (unpaired) electrons. The Labute approximate surface area is 188 Å². The molecule has 1 fully saturated rings. The summed E-state index contributed by atoms with van der Waals surface area (Å²) in [6.45, 7) is 0.540. The van der Waals surface area contributed by atoms with Crippen LogP contribution in [-0.4, -0.2) is 45.9 Å². The molecule has 7 nitrogen and oxygen atoms in total. The number of fused-ring (bicyclic) bond motifs is 1. The largest absolute Gasteiger partial charge is 0.497 e. The monoisotopic (exact) mass is 454 g/mol. The summed E-state index contributed by atoms with van der Waals surface area (Å²) < 4.78 is 38.1. The number of piperidine rings is 1. The molecule has 0 saturated carbocycles. The van der Waals surface area contributed by atoms with E-state index in [1.54, 1.807) is 19.2 Å². The van der Waals surface area contributed by atoms with Crippen LogP contribution >= 0.6 is 0 Å². The Kier molecular flexibility index (Phi) is 6.34. The van der Waals surface area contributed by atoms with Crippen molar-refractivity contribution < 1.29 is 22.7 Å². The van der Waals surface area contributed by atoms with Crippen molar-refractivity contribution in [3.05, 3.63) is 60.7 Å². The third kappa shape index (κ3) is 4.28. The SMILES string of the molecule is COc1ccc(S(=O)(=O)N2CCCC(C(=O)Nc3ccc(OC)c4ccccc34)C2)cc1. The topological polar surface area (TPSA) is 84.9 Å². The standard InChI is InChI=1S/C24H26N2O5S/c1-30-18-9-11-19(12-10-18)32(28,29)26-15-5-6-17(16-26)24(27)25-22-13-14-23(31-2)21-8-4-3-7-20(21)22/h3-4,7-14,17H,5-6,15-16H2,1-2H3,(H,25,27). The number of carbonyl (C=O) groups excluding carboxylic acids is 1. The average Bonchev–Trinajstić information content (AvgIpc) is 2.84. The van der Waals surface area contributed by atoms with Gasteiger partial charge in [-0.25, -0.2) is 8.42 Å². The van der Waals surface area contributed by atoms with Crippen molar-refractivity contribution in [3.63, 3.8) is 0 Å². The van der Waals surface area contributed by atoms with Crippen LogP contribution in [0.15, 0.2) is 65.6 Å². The van der Waals surface area contributed by atoms with Gasteiger partial charge in [0.05, 0.1) is 25.0 Å². The first-order valence-electron chi connectivity index (χ1n) is 10.4. The third-order valence-electron chi connectivity index (χ3n) is 5.81. The molecule has 0 aromatic heterocycles. The van der Waals surface area contributed by atoms with E-state index in [1.807, 2.05) is 36.4 Å². The summed E-state index contributed by atoms with van der Waals surface area (Å²) >= 11 is 0. The number of benzene rings is 3. The van der Waals surface area contributed by atoms with Crippen LogP contribution in [0.25, 0.3) is 10.8 Å². The van der Waals surface area contributed by atoms with Crippen LogP contribution in [0.3, 0.4) is 0 Å². The molecular formula is C24H26N2O5S. The van der Waals surface area contributed by atoms with Crippen LogP contribution in [0.1, 0.15) is 12.8 Å². The lowest BCUT2D eigenvalue weighted by Gasteiger charge is -2.31. The molecule has 0 spiro atoms. The fraction of sp³-hybridized carbons (Fsp3) is 0.292. The second-order valence-corrected chi connectivity index (χ2v) is 9.67. The summed E-state index contributed by atoms with van der Waals surface area (Å²) in [7, 11) is -0.547. The molecule has 1 amide bonds. The van der Waals surface area contributed by atoms with Crippen molar-refractivity contribution in [3.8, 4) is 11.5 Å². The Hall–Kier alpha value is -3.10. The van der Waals surface area contributed by atoms with Gasteiger partial charge in [0, 0.05) is 29.5 Å². The highest BCUT2D eigenvalue weighted by Gasteiger charge is 2.33. The maximum atomic E-state index is 13.1. The number of hydrogen-bond donors (Lipinski definition) is 1. The smallest absolute Gasteiger partial charge is 0.243 e. The van der Waals surface area contributed by atoms with Crippen LogP contribution in [-0.2, 0) is 14.8 Å². The van der Waals surface area contributed by atoms with Gasteiger partial charge in [0.25, 0.3) is 0 Å². The van der Waals surface area contributed by atoms with Crippen LogP contribution in [0.5, 0.6) is 11.5 Å². The van der Waals surface area contributed by atoms with Gasteiger partial charge >= 0.3 is 0 Å². The fourth-order valence-electron chi connectivity index (χ4n) is 4.06. The normalized spacial score (nSPS) is 17.1. The average molecular weight is 455 g/mol. The zero-order chi connectivity index (χ0) is 22.7. The van der Waals surface area contributed by atoms with E-state index < -0.39 is 15.9 Å². The summed E-state index contributed by atoms with van der Waals surface area (Å²) in [6.07, 6.45) is 1.26. The number of carbonyl (C=O) groups is 1. The van der Waals surface area contributed by atoms with Crippen molar-refractivity contribution in [1.82, 2.24) is 4.31 Å². The first kappa shape index (κ1) is 22.1. The summed E-state index contributed by atoms with van der Waals surface area (Å²) in [6, 6.07) is 17.6. The van der Waals surface area contributed by atoms with Crippen LogP contribution in [0.2, 0.25) is 0 Å². The highest BCUT2D eigenvalue weighted by Crippen LogP contribution is 2.32. The molecule has 3 aromatic rings. The van der Waals surface area contributed by atoms with Gasteiger partial charge in [-0.3, -0.25) is 4.79 Å². The van der Waals surface area contributed by atoms with Gasteiger partial charge in [-0.05, 0) is 49.2 Å².